The van der Waals surface area contributed by atoms with E-state index >= 15 is 0 Å². The van der Waals surface area contributed by atoms with Crippen LogP contribution < -0.4 is 0 Å². The first-order chi connectivity index (χ1) is 21.4. The molecular weight excluding hydrogens is 587 g/mol. The monoisotopic (exact) mass is 615 g/mol. The van der Waals surface area contributed by atoms with Gasteiger partial charge in [-0.25, -0.2) is 4.79 Å². The second kappa shape index (κ2) is 11.5. The lowest BCUT2D eigenvalue weighted by Crippen LogP contribution is -2.01. The lowest BCUT2D eigenvalue weighted by atomic mass is 10.0. The zero-order valence-corrected chi connectivity index (χ0v) is 25.8. The number of aryl methyl sites for hydroxylation is 1. The Kier molecular flexibility index (Phi) is 7.36. The number of benzene rings is 3. The molecular formula is C37H29NO4S2. The molecule has 0 fully saturated rings. The number of aromatic carboxylic acids is 1. The SMILES string of the molecule is CCCCCCc1ccc(-c2ccc(-n3c4ccccc4c4cc(C=C5C(=O)c6ccc(C(=O)O)cc6C5=O)ccc43)s2)s1. The molecule has 0 saturated carbocycles. The first-order valence-corrected chi connectivity index (χ1v) is 16.5. The van der Waals surface area contributed by atoms with Gasteiger partial charge in [0.1, 0.15) is 5.00 Å². The lowest BCUT2D eigenvalue weighted by Gasteiger charge is -2.04. The molecule has 1 aliphatic rings. The van der Waals surface area contributed by atoms with E-state index in [0.717, 1.165) is 38.8 Å². The molecule has 3 aromatic heterocycles. The van der Waals surface area contributed by atoms with Crippen molar-refractivity contribution in [2.45, 2.75) is 39.0 Å². The fourth-order valence-electron chi connectivity index (χ4n) is 6.02. The first kappa shape index (κ1) is 28.2. The number of allylic oxidation sites excluding steroid dienone is 1. The van der Waals surface area contributed by atoms with E-state index < -0.39 is 11.8 Å². The summed E-state index contributed by atoms with van der Waals surface area (Å²) in [6.45, 7) is 2.24. The van der Waals surface area contributed by atoms with Gasteiger partial charge in [0, 0.05) is 36.5 Å². The highest BCUT2D eigenvalue weighted by Crippen LogP contribution is 2.40. The number of unbranched alkanes of at least 4 members (excludes halogenated alkanes) is 3. The Bertz CT molecular complexity index is 2140. The van der Waals surface area contributed by atoms with Crippen molar-refractivity contribution >= 4 is 68.1 Å². The molecule has 0 unspecified atom stereocenters. The number of carboxylic acids is 1. The second-order valence-electron chi connectivity index (χ2n) is 11.1. The standard InChI is InChI=1S/C37H29NO4S2/c1-2-3-4-5-8-24-13-16-32(43-24)33-17-18-34(44-33)38-30-10-7-6-9-25(30)27-19-22(11-15-31(27)38)20-29-35(39)26-14-12-23(37(41)42)21-28(26)36(29)40/h6-7,9-21H,2-5,8H2,1H3,(H,41,42). The van der Waals surface area contributed by atoms with E-state index in [9.17, 15) is 19.5 Å². The van der Waals surface area contributed by atoms with Gasteiger partial charge in [-0.15, -0.1) is 22.7 Å². The molecule has 1 aliphatic carbocycles. The van der Waals surface area contributed by atoms with Gasteiger partial charge in [0.2, 0.25) is 0 Å². The fraction of sp³-hybridized carbons (Fsp3) is 0.162. The van der Waals surface area contributed by atoms with E-state index in [0.29, 0.717) is 0 Å². The Labute approximate surface area is 262 Å². The zero-order valence-electron chi connectivity index (χ0n) is 24.1. The van der Waals surface area contributed by atoms with Crippen LogP contribution in [0.15, 0.2) is 90.5 Å². The van der Waals surface area contributed by atoms with Crippen molar-refractivity contribution in [3.05, 3.63) is 118 Å². The molecule has 0 atom stereocenters. The largest absolute Gasteiger partial charge is 0.478 e. The van der Waals surface area contributed by atoms with Crippen LogP contribution in [-0.4, -0.2) is 27.2 Å². The highest BCUT2D eigenvalue weighted by Gasteiger charge is 2.33. The highest BCUT2D eigenvalue weighted by atomic mass is 32.1. The quantitative estimate of drug-likeness (QED) is 0.0998. The van der Waals surface area contributed by atoms with E-state index in [1.165, 1.54) is 58.5 Å². The molecule has 6 aromatic rings. The Balaban J connectivity index is 1.24. The Morgan fingerprint density at radius 2 is 1.55 bits per heavy atom. The molecule has 3 aromatic carbocycles. The van der Waals surface area contributed by atoms with Crippen molar-refractivity contribution in [2.75, 3.05) is 0 Å². The average molecular weight is 616 g/mol. The van der Waals surface area contributed by atoms with Crippen molar-refractivity contribution in [3.8, 4) is 14.8 Å². The molecule has 1 N–H and O–H groups in total. The predicted molar refractivity (Wildman–Crippen MR) is 180 cm³/mol. The van der Waals surface area contributed by atoms with E-state index in [1.54, 1.807) is 17.4 Å². The third kappa shape index (κ3) is 4.92. The molecule has 0 radical (unpaired) electrons. The summed E-state index contributed by atoms with van der Waals surface area (Å²) >= 11 is 3.66. The minimum absolute atomic E-state index is 0.0148. The summed E-state index contributed by atoms with van der Waals surface area (Å²) in [6.07, 6.45) is 7.83. The molecule has 0 bridgehead atoms. The Morgan fingerprint density at radius 3 is 2.39 bits per heavy atom. The van der Waals surface area contributed by atoms with Crippen molar-refractivity contribution in [2.24, 2.45) is 0 Å². The van der Waals surface area contributed by atoms with Crippen LogP contribution in [0.25, 0.3) is 42.6 Å². The number of para-hydroxylation sites is 1. The Hall–Kier alpha value is -4.59. The molecule has 0 spiro atoms. The van der Waals surface area contributed by atoms with Crippen LogP contribution in [0.5, 0.6) is 0 Å². The van der Waals surface area contributed by atoms with E-state index in [2.05, 4.69) is 47.9 Å². The van der Waals surface area contributed by atoms with E-state index in [1.807, 2.05) is 41.7 Å². The number of carbonyl (C=O) groups excluding carboxylic acids is 2. The molecule has 5 nitrogen and oxygen atoms in total. The number of aromatic nitrogens is 1. The molecule has 0 aliphatic heterocycles. The highest BCUT2D eigenvalue weighted by molar-refractivity contribution is 7.23. The van der Waals surface area contributed by atoms with Crippen LogP contribution >= 0.6 is 22.7 Å². The number of fused-ring (bicyclic) bond motifs is 4. The molecule has 0 amide bonds. The summed E-state index contributed by atoms with van der Waals surface area (Å²) in [7, 11) is 0. The van der Waals surface area contributed by atoms with Gasteiger partial charge in [-0.3, -0.25) is 9.59 Å². The van der Waals surface area contributed by atoms with Gasteiger partial charge in [0.15, 0.2) is 11.6 Å². The number of Topliss-reactive ketones (excluding diaryl/α,β-unsaturated/α-hetero) is 2. The third-order valence-corrected chi connectivity index (χ3v) is 10.7. The lowest BCUT2D eigenvalue weighted by molar-refractivity contribution is 0.0696. The Morgan fingerprint density at radius 1 is 0.773 bits per heavy atom. The number of carboxylic acid groups (broad SMARTS) is 1. The molecule has 44 heavy (non-hydrogen) atoms. The molecule has 218 valence electrons. The predicted octanol–water partition coefficient (Wildman–Crippen LogP) is 9.86. The topological polar surface area (TPSA) is 76.4 Å². The van der Waals surface area contributed by atoms with Gasteiger partial charge < -0.3 is 9.67 Å². The maximum Gasteiger partial charge on any atom is 0.335 e. The third-order valence-electron chi connectivity index (χ3n) is 8.25. The van der Waals surface area contributed by atoms with Gasteiger partial charge in [-0.2, -0.15) is 0 Å². The normalized spacial score (nSPS) is 13.9. The van der Waals surface area contributed by atoms with Crippen LogP contribution in [0.3, 0.4) is 0 Å². The van der Waals surface area contributed by atoms with Crippen molar-refractivity contribution in [1.29, 1.82) is 0 Å². The number of thiophene rings is 2. The summed E-state index contributed by atoms with van der Waals surface area (Å²) < 4.78 is 2.28. The van der Waals surface area contributed by atoms with Crippen LogP contribution in [-0.2, 0) is 6.42 Å². The van der Waals surface area contributed by atoms with Crippen LogP contribution in [0, 0.1) is 0 Å². The molecule has 7 heteroatoms. The summed E-state index contributed by atoms with van der Waals surface area (Å²) in [5.41, 5.74) is 3.29. The summed E-state index contributed by atoms with van der Waals surface area (Å²) in [5.74, 6) is -1.96. The van der Waals surface area contributed by atoms with Crippen LogP contribution in [0.2, 0.25) is 0 Å². The number of hydrogen-bond donors (Lipinski definition) is 1. The van der Waals surface area contributed by atoms with Crippen LogP contribution in [0.4, 0.5) is 0 Å². The maximum absolute atomic E-state index is 13.2. The number of nitrogens with zero attached hydrogens (tertiary/aromatic N) is 1. The number of carbonyl (C=O) groups is 3. The van der Waals surface area contributed by atoms with Crippen LogP contribution in [0.1, 0.15) is 74.1 Å². The smallest absolute Gasteiger partial charge is 0.335 e. The fourth-order valence-corrected chi connectivity index (χ4v) is 8.20. The van der Waals surface area contributed by atoms with Gasteiger partial charge in [-0.05, 0) is 85.1 Å². The molecule has 3 heterocycles. The average Bonchev–Trinajstić information content (AvgIpc) is 3.81. The second-order valence-corrected chi connectivity index (χ2v) is 13.4. The minimum atomic E-state index is -1.14. The number of rotatable bonds is 9. The first-order valence-electron chi connectivity index (χ1n) is 14.8. The minimum Gasteiger partial charge on any atom is -0.478 e. The van der Waals surface area contributed by atoms with Gasteiger partial charge in [0.25, 0.3) is 0 Å². The maximum atomic E-state index is 13.2. The van der Waals surface area contributed by atoms with Gasteiger partial charge >= 0.3 is 5.97 Å². The van der Waals surface area contributed by atoms with Crippen molar-refractivity contribution in [3.63, 3.8) is 0 Å². The molecule has 7 rings (SSSR count). The van der Waals surface area contributed by atoms with Gasteiger partial charge in [-0.1, -0.05) is 50.5 Å². The van der Waals surface area contributed by atoms with Crippen molar-refractivity contribution in [1.82, 2.24) is 4.57 Å². The van der Waals surface area contributed by atoms with E-state index in [-0.39, 0.29) is 28.0 Å². The number of ketones is 2. The summed E-state index contributed by atoms with van der Waals surface area (Å²) in [5, 5.41) is 12.6. The molecule has 0 saturated heterocycles. The summed E-state index contributed by atoms with van der Waals surface area (Å²) in [4.78, 5) is 41.7. The zero-order chi connectivity index (χ0) is 30.4. The van der Waals surface area contributed by atoms with Gasteiger partial charge in [0.05, 0.1) is 22.2 Å². The van der Waals surface area contributed by atoms with E-state index in [4.69, 9.17) is 0 Å². The number of hydrogen-bond acceptors (Lipinski definition) is 5. The van der Waals surface area contributed by atoms with Crippen molar-refractivity contribution < 1.29 is 19.5 Å². The summed E-state index contributed by atoms with van der Waals surface area (Å²) in [6, 6.07) is 27.2.